The number of aliphatic imine (C=N–C) groups is 1. The first kappa shape index (κ1) is 20.3. The van der Waals surface area contributed by atoms with Crippen molar-refractivity contribution in [3.8, 4) is 0 Å². The summed E-state index contributed by atoms with van der Waals surface area (Å²) in [6, 6.07) is 8.43. The van der Waals surface area contributed by atoms with Crippen molar-refractivity contribution in [2.45, 2.75) is 45.6 Å². The standard InChI is InChI=1S/C21H34N4O/c1-3-22-21(24-14-13-18-7-5-4-6-8-18)25-17-19-9-11-20(12-10-19)23-15-16-26-2/h7,9-12,23H,3-6,8,13-17H2,1-2H3,(H2,22,24,25). The number of methoxy groups -OCH3 is 1. The van der Waals surface area contributed by atoms with E-state index < -0.39 is 0 Å². The third kappa shape index (κ3) is 7.91. The highest BCUT2D eigenvalue weighted by molar-refractivity contribution is 5.79. The van der Waals surface area contributed by atoms with Crippen LogP contribution in [0.2, 0.25) is 0 Å². The molecule has 0 fully saturated rings. The predicted octanol–water partition coefficient (Wildman–Crippen LogP) is 3.69. The van der Waals surface area contributed by atoms with Gasteiger partial charge in [-0.05, 0) is 56.7 Å². The van der Waals surface area contributed by atoms with Crippen LogP contribution in [0.25, 0.3) is 0 Å². The second-order valence-electron chi connectivity index (χ2n) is 6.60. The van der Waals surface area contributed by atoms with Gasteiger partial charge in [0.2, 0.25) is 0 Å². The first-order valence-electron chi connectivity index (χ1n) is 9.83. The molecule has 0 atom stereocenters. The molecule has 5 heteroatoms. The van der Waals surface area contributed by atoms with Crippen molar-refractivity contribution in [2.75, 3.05) is 38.7 Å². The Morgan fingerprint density at radius 3 is 2.65 bits per heavy atom. The van der Waals surface area contributed by atoms with Crippen LogP contribution in [-0.2, 0) is 11.3 Å². The van der Waals surface area contributed by atoms with Crippen molar-refractivity contribution >= 4 is 11.6 Å². The van der Waals surface area contributed by atoms with Gasteiger partial charge in [-0.15, -0.1) is 0 Å². The lowest BCUT2D eigenvalue weighted by molar-refractivity contribution is 0.211. The van der Waals surface area contributed by atoms with Gasteiger partial charge in [-0.1, -0.05) is 23.8 Å². The van der Waals surface area contributed by atoms with E-state index in [0.29, 0.717) is 13.2 Å². The van der Waals surface area contributed by atoms with Crippen molar-refractivity contribution in [3.05, 3.63) is 41.5 Å². The summed E-state index contributed by atoms with van der Waals surface area (Å²) in [5.41, 5.74) is 3.91. The minimum absolute atomic E-state index is 0.677. The smallest absolute Gasteiger partial charge is 0.191 e. The molecule has 1 aromatic carbocycles. The second kappa shape index (κ2) is 12.4. The molecule has 0 aromatic heterocycles. The zero-order valence-electron chi connectivity index (χ0n) is 16.3. The lowest BCUT2D eigenvalue weighted by Crippen LogP contribution is -2.37. The molecule has 0 saturated heterocycles. The van der Waals surface area contributed by atoms with Gasteiger partial charge in [-0.25, -0.2) is 4.99 Å². The van der Waals surface area contributed by atoms with Gasteiger partial charge in [0.1, 0.15) is 0 Å². The molecule has 1 aliphatic carbocycles. The molecular formula is C21H34N4O. The molecule has 26 heavy (non-hydrogen) atoms. The van der Waals surface area contributed by atoms with Crippen LogP contribution in [0.15, 0.2) is 40.9 Å². The first-order chi connectivity index (χ1) is 12.8. The maximum atomic E-state index is 5.05. The number of benzene rings is 1. The Kier molecular flexibility index (Phi) is 9.65. The van der Waals surface area contributed by atoms with Crippen LogP contribution in [0, 0.1) is 0 Å². The number of guanidine groups is 1. The topological polar surface area (TPSA) is 57.7 Å². The number of ether oxygens (including phenoxy) is 1. The summed E-state index contributed by atoms with van der Waals surface area (Å²) in [6.45, 7) is 6.12. The van der Waals surface area contributed by atoms with Gasteiger partial charge in [0, 0.05) is 32.4 Å². The van der Waals surface area contributed by atoms with Gasteiger partial charge in [-0.2, -0.15) is 0 Å². The van der Waals surface area contributed by atoms with Crippen LogP contribution in [0.4, 0.5) is 5.69 Å². The third-order valence-electron chi connectivity index (χ3n) is 4.48. The van der Waals surface area contributed by atoms with E-state index in [1.165, 1.54) is 31.2 Å². The molecule has 5 nitrogen and oxygen atoms in total. The Balaban J connectivity index is 1.78. The lowest BCUT2D eigenvalue weighted by Gasteiger charge is -2.15. The molecule has 0 aliphatic heterocycles. The molecule has 1 aliphatic rings. The van der Waals surface area contributed by atoms with Crippen LogP contribution >= 0.6 is 0 Å². The Morgan fingerprint density at radius 1 is 1.12 bits per heavy atom. The van der Waals surface area contributed by atoms with E-state index in [1.54, 1.807) is 12.7 Å². The van der Waals surface area contributed by atoms with Gasteiger partial charge in [0.25, 0.3) is 0 Å². The highest BCUT2D eigenvalue weighted by Gasteiger charge is 2.04. The maximum absolute atomic E-state index is 5.05. The zero-order chi connectivity index (χ0) is 18.5. The Hall–Kier alpha value is -2.01. The van der Waals surface area contributed by atoms with Gasteiger partial charge < -0.3 is 20.7 Å². The molecule has 0 saturated carbocycles. The van der Waals surface area contributed by atoms with E-state index in [4.69, 9.17) is 9.73 Å². The van der Waals surface area contributed by atoms with Crippen molar-refractivity contribution < 1.29 is 4.74 Å². The lowest BCUT2D eigenvalue weighted by atomic mass is 9.97. The Labute approximate surface area is 158 Å². The minimum Gasteiger partial charge on any atom is -0.383 e. The number of hydrogen-bond donors (Lipinski definition) is 3. The average Bonchev–Trinajstić information content (AvgIpc) is 2.68. The summed E-state index contributed by atoms with van der Waals surface area (Å²) in [7, 11) is 1.71. The Bertz CT molecular complexity index is 566. The summed E-state index contributed by atoms with van der Waals surface area (Å²) in [4.78, 5) is 4.71. The van der Waals surface area contributed by atoms with Crippen LogP contribution in [0.5, 0.6) is 0 Å². The fraction of sp³-hybridized carbons (Fsp3) is 0.571. The molecule has 0 spiro atoms. The van der Waals surface area contributed by atoms with Crippen molar-refractivity contribution in [3.63, 3.8) is 0 Å². The normalized spacial score (nSPS) is 14.7. The SMILES string of the molecule is CCNC(=NCc1ccc(NCCOC)cc1)NCCC1=CCCCC1. The van der Waals surface area contributed by atoms with Crippen LogP contribution in [0.1, 0.15) is 44.6 Å². The fourth-order valence-electron chi connectivity index (χ4n) is 3.01. The van der Waals surface area contributed by atoms with Crippen molar-refractivity contribution in [1.29, 1.82) is 0 Å². The third-order valence-corrected chi connectivity index (χ3v) is 4.48. The number of nitrogens with one attached hydrogen (secondary N) is 3. The van der Waals surface area contributed by atoms with Crippen LogP contribution < -0.4 is 16.0 Å². The van der Waals surface area contributed by atoms with E-state index in [9.17, 15) is 0 Å². The highest BCUT2D eigenvalue weighted by atomic mass is 16.5. The monoisotopic (exact) mass is 358 g/mol. The summed E-state index contributed by atoms with van der Waals surface area (Å²) in [6.07, 6.45) is 8.74. The van der Waals surface area contributed by atoms with Crippen LogP contribution in [0.3, 0.4) is 0 Å². The van der Waals surface area contributed by atoms with Gasteiger partial charge >= 0.3 is 0 Å². The predicted molar refractivity (Wildman–Crippen MR) is 111 cm³/mol. The molecule has 0 heterocycles. The second-order valence-corrected chi connectivity index (χ2v) is 6.60. The fourth-order valence-corrected chi connectivity index (χ4v) is 3.01. The molecular weight excluding hydrogens is 324 g/mol. The van der Waals surface area contributed by atoms with E-state index in [-0.39, 0.29) is 0 Å². The molecule has 3 N–H and O–H groups in total. The van der Waals surface area contributed by atoms with Gasteiger partial charge in [0.05, 0.1) is 13.2 Å². The summed E-state index contributed by atoms with van der Waals surface area (Å²) < 4.78 is 5.05. The summed E-state index contributed by atoms with van der Waals surface area (Å²) in [5.74, 6) is 0.895. The number of anilines is 1. The molecule has 0 amide bonds. The number of hydrogen-bond acceptors (Lipinski definition) is 3. The molecule has 144 valence electrons. The summed E-state index contributed by atoms with van der Waals surface area (Å²) >= 11 is 0. The zero-order valence-corrected chi connectivity index (χ0v) is 16.3. The van der Waals surface area contributed by atoms with E-state index in [2.05, 4.69) is 53.2 Å². The molecule has 0 radical (unpaired) electrons. The van der Waals surface area contributed by atoms with Gasteiger partial charge in [-0.3, -0.25) is 0 Å². The van der Waals surface area contributed by atoms with E-state index in [0.717, 1.165) is 37.7 Å². The van der Waals surface area contributed by atoms with Crippen molar-refractivity contribution in [2.24, 2.45) is 4.99 Å². The number of allylic oxidation sites excluding steroid dienone is 1. The quantitative estimate of drug-likeness (QED) is 0.258. The summed E-state index contributed by atoms with van der Waals surface area (Å²) in [5, 5.41) is 10.1. The molecule has 0 bridgehead atoms. The first-order valence-corrected chi connectivity index (χ1v) is 9.83. The largest absolute Gasteiger partial charge is 0.383 e. The van der Waals surface area contributed by atoms with E-state index >= 15 is 0 Å². The maximum Gasteiger partial charge on any atom is 0.191 e. The van der Waals surface area contributed by atoms with Crippen LogP contribution in [-0.4, -0.2) is 39.3 Å². The van der Waals surface area contributed by atoms with Gasteiger partial charge in [0.15, 0.2) is 5.96 Å². The number of rotatable bonds is 10. The minimum atomic E-state index is 0.677. The number of nitrogens with zero attached hydrogens (tertiary/aromatic N) is 1. The average molecular weight is 359 g/mol. The van der Waals surface area contributed by atoms with E-state index in [1.807, 2.05) is 0 Å². The molecule has 2 rings (SSSR count). The molecule has 0 unspecified atom stereocenters. The Morgan fingerprint density at radius 2 is 1.96 bits per heavy atom. The van der Waals surface area contributed by atoms with Crippen molar-refractivity contribution in [1.82, 2.24) is 10.6 Å². The molecule has 1 aromatic rings. The highest BCUT2D eigenvalue weighted by Crippen LogP contribution is 2.19.